The van der Waals surface area contributed by atoms with Crippen molar-refractivity contribution in [2.75, 3.05) is 6.54 Å². The molecular formula is C20H25NO2S. The van der Waals surface area contributed by atoms with Crippen LogP contribution in [0.25, 0.3) is 0 Å². The Hall–Kier alpha value is -1.65. The summed E-state index contributed by atoms with van der Waals surface area (Å²) in [6, 6.07) is 12.6. The monoisotopic (exact) mass is 343 g/mol. The van der Waals surface area contributed by atoms with Crippen LogP contribution >= 0.6 is 11.3 Å². The molecule has 0 saturated carbocycles. The van der Waals surface area contributed by atoms with Gasteiger partial charge in [0.1, 0.15) is 6.04 Å². The lowest BCUT2D eigenvalue weighted by Crippen LogP contribution is -2.39. The fourth-order valence-corrected chi connectivity index (χ4v) is 4.57. The van der Waals surface area contributed by atoms with E-state index in [0.29, 0.717) is 5.92 Å². The summed E-state index contributed by atoms with van der Waals surface area (Å²) >= 11 is 1.77. The molecule has 3 rings (SSSR count). The van der Waals surface area contributed by atoms with E-state index in [2.05, 4.69) is 62.1 Å². The fourth-order valence-electron chi connectivity index (χ4n) is 3.55. The Morgan fingerprint density at radius 3 is 2.38 bits per heavy atom. The predicted molar refractivity (Wildman–Crippen MR) is 98.8 cm³/mol. The van der Waals surface area contributed by atoms with Gasteiger partial charge in [-0.25, -0.2) is 0 Å². The quantitative estimate of drug-likeness (QED) is 0.846. The van der Waals surface area contributed by atoms with E-state index in [9.17, 15) is 9.90 Å². The predicted octanol–water partition coefficient (Wildman–Crippen LogP) is 4.82. The van der Waals surface area contributed by atoms with Gasteiger partial charge in [0.15, 0.2) is 0 Å². The van der Waals surface area contributed by atoms with Gasteiger partial charge < -0.3 is 5.11 Å². The molecule has 2 unspecified atom stereocenters. The first kappa shape index (κ1) is 17.2. The van der Waals surface area contributed by atoms with Crippen molar-refractivity contribution < 1.29 is 9.90 Å². The Balaban J connectivity index is 2.00. The van der Waals surface area contributed by atoms with E-state index in [1.807, 2.05) is 0 Å². The number of carbonyl (C=O) groups is 1. The molecule has 128 valence electrons. The summed E-state index contributed by atoms with van der Waals surface area (Å²) < 4.78 is 0. The van der Waals surface area contributed by atoms with Gasteiger partial charge >= 0.3 is 5.97 Å². The van der Waals surface area contributed by atoms with E-state index in [1.165, 1.54) is 20.9 Å². The van der Waals surface area contributed by atoms with Crippen LogP contribution in [0.5, 0.6) is 0 Å². The lowest BCUT2D eigenvalue weighted by molar-refractivity contribution is -0.142. The van der Waals surface area contributed by atoms with Crippen LogP contribution in [0.15, 0.2) is 36.4 Å². The summed E-state index contributed by atoms with van der Waals surface area (Å²) in [6.07, 6.45) is 1.68. The van der Waals surface area contributed by atoms with Crippen molar-refractivity contribution in [3.63, 3.8) is 0 Å². The van der Waals surface area contributed by atoms with Crippen LogP contribution in [0.1, 0.15) is 59.5 Å². The van der Waals surface area contributed by atoms with Crippen molar-refractivity contribution >= 4 is 17.3 Å². The second-order valence-electron chi connectivity index (χ2n) is 6.91. The minimum atomic E-state index is -0.704. The van der Waals surface area contributed by atoms with Crippen LogP contribution in [-0.4, -0.2) is 28.6 Å². The Morgan fingerprint density at radius 1 is 1.17 bits per heavy atom. The van der Waals surface area contributed by atoms with Crippen molar-refractivity contribution in [1.29, 1.82) is 0 Å². The maximum absolute atomic E-state index is 11.7. The normalized spacial score (nSPS) is 19.8. The van der Waals surface area contributed by atoms with Crippen molar-refractivity contribution in [2.24, 2.45) is 0 Å². The zero-order valence-corrected chi connectivity index (χ0v) is 15.3. The number of likely N-dealkylation sites (tertiary alicyclic amines) is 1. The Morgan fingerprint density at radius 2 is 1.83 bits per heavy atom. The molecule has 1 saturated heterocycles. The molecule has 0 spiro atoms. The molecule has 1 fully saturated rings. The number of benzene rings is 1. The summed E-state index contributed by atoms with van der Waals surface area (Å²) in [5, 5.41) is 9.61. The minimum Gasteiger partial charge on any atom is -0.480 e. The van der Waals surface area contributed by atoms with E-state index >= 15 is 0 Å². The van der Waals surface area contributed by atoms with Crippen LogP contribution in [0.3, 0.4) is 0 Å². The molecule has 1 aliphatic heterocycles. The molecule has 4 heteroatoms. The SMILES string of the molecule is Cc1ccc(C(c2ccc(C(C)C)cc2)N2CCCC2C(=O)O)s1. The number of rotatable bonds is 5. The number of hydrogen-bond donors (Lipinski definition) is 1. The summed E-state index contributed by atoms with van der Waals surface area (Å²) in [5.41, 5.74) is 2.51. The first-order valence-electron chi connectivity index (χ1n) is 8.62. The average Bonchev–Trinajstić information content (AvgIpc) is 3.18. The largest absolute Gasteiger partial charge is 0.480 e. The molecule has 2 atom stereocenters. The molecule has 2 heterocycles. The van der Waals surface area contributed by atoms with Gasteiger partial charge in [-0.05, 0) is 48.9 Å². The van der Waals surface area contributed by atoms with Gasteiger partial charge in [0.25, 0.3) is 0 Å². The summed E-state index contributed by atoms with van der Waals surface area (Å²) in [7, 11) is 0. The highest BCUT2D eigenvalue weighted by Gasteiger charge is 2.37. The van der Waals surface area contributed by atoms with Crippen LogP contribution in [-0.2, 0) is 4.79 Å². The highest BCUT2D eigenvalue weighted by Crippen LogP contribution is 2.38. The third-order valence-corrected chi connectivity index (χ3v) is 5.91. The molecule has 0 radical (unpaired) electrons. The smallest absolute Gasteiger partial charge is 0.320 e. The number of hydrogen-bond acceptors (Lipinski definition) is 3. The first-order valence-corrected chi connectivity index (χ1v) is 9.43. The van der Waals surface area contributed by atoms with E-state index in [0.717, 1.165) is 19.4 Å². The van der Waals surface area contributed by atoms with E-state index < -0.39 is 5.97 Å². The van der Waals surface area contributed by atoms with Crippen LogP contribution < -0.4 is 0 Å². The van der Waals surface area contributed by atoms with Gasteiger partial charge in [-0.3, -0.25) is 9.69 Å². The molecule has 3 nitrogen and oxygen atoms in total. The minimum absolute atomic E-state index is 0.0357. The standard InChI is InChI=1S/C20H25NO2S/c1-13(2)15-7-9-16(10-8-15)19(18-11-6-14(3)24-18)21-12-4-5-17(21)20(22)23/h6-11,13,17,19H,4-5,12H2,1-3H3,(H,22,23). The van der Waals surface area contributed by atoms with Crippen molar-refractivity contribution in [3.8, 4) is 0 Å². The van der Waals surface area contributed by atoms with Gasteiger partial charge in [-0.2, -0.15) is 0 Å². The highest BCUT2D eigenvalue weighted by atomic mass is 32.1. The van der Waals surface area contributed by atoms with Crippen molar-refractivity contribution in [1.82, 2.24) is 4.90 Å². The van der Waals surface area contributed by atoms with E-state index in [-0.39, 0.29) is 12.1 Å². The Bertz CT molecular complexity index is 705. The maximum atomic E-state index is 11.7. The van der Waals surface area contributed by atoms with Crippen molar-refractivity contribution in [2.45, 2.75) is 51.6 Å². The number of aryl methyl sites for hydroxylation is 1. The second kappa shape index (κ2) is 7.08. The van der Waals surface area contributed by atoms with Crippen molar-refractivity contribution in [3.05, 3.63) is 57.3 Å². The first-order chi connectivity index (χ1) is 11.5. The molecule has 0 amide bonds. The second-order valence-corrected chi connectivity index (χ2v) is 8.23. The van der Waals surface area contributed by atoms with Gasteiger partial charge in [0.2, 0.25) is 0 Å². The fraction of sp³-hybridized carbons (Fsp3) is 0.450. The lowest BCUT2D eigenvalue weighted by atomic mass is 9.97. The van der Waals surface area contributed by atoms with E-state index in [1.54, 1.807) is 11.3 Å². The molecule has 1 aromatic heterocycles. The third kappa shape index (κ3) is 3.40. The topological polar surface area (TPSA) is 40.5 Å². The van der Waals surface area contributed by atoms with Crippen LogP contribution in [0.2, 0.25) is 0 Å². The zero-order chi connectivity index (χ0) is 17.3. The third-order valence-electron chi connectivity index (χ3n) is 4.86. The summed E-state index contributed by atoms with van der Waals surface area (Å²) in [6.45, 7) is 7.32. The molecule has 24 heavy (non-hydrogen) atoms. The van der Waals surface area contributed by atoms with Gasteiger partial charge in [0.05, 0.1) is 6.04 Å². The molecule has 0 aliphatic carbocycles. The molecular weight excluding hydrogens is 318 g/mol. The van der Waals surface area contributed by atoms with Crippen LogP contribution in [0.4, 0.5) is 0 Å². The summed E-state index contributed by atoms with van der Waals surface area (Å²) in [5.74, 6) is -0.204. The molecule has 1 N–H and O–H groups in total. The molecule has 1 aromatic carbocycles. The maximum Gasteiger partial charge on any atom is 0.320 e. The zero-order valence-electron chi connectivity index (χ0n) is 14.5. The van der Waals surface area contributed by atoms with Gasteiger partial charge in [0, 0.05) is 16.3 Å². The van der Waals surface area contributed by atoms with Gasteiger partial charge in [-0.1, -0.05) is 38.1 Å². The average molecular weight is 343 g/mol. The number of thiophene rings is 1. The Labute approximate surface area is 147 Å². The highest BCUT2D eigenvalue weighted by molar-refractivity contribution is 7.12. The Kier molecular flexibility index (Phi) is 5.07. The number of nitrogens with zero attached hydrogens (tertiary/aromatic N) is 1. The number of aliphatic carboxylic acids is 1. The number of carboxylic acids is 1. The lowest BCUT2D eigenvalue weighted by Gasteiger charge is -2.31. The van der Waals surface area contributed by atoms with Crippen LogP contribution in [0, 0.1) is 6.92 Å². The molecule has 1 aliphatic rings. The molecule has 2 aromatic rings. The van der Waals surface area contributed by atoms with Gasteiger partial charge in [-0.15, -0.1) is 11.3 Å². The van der Waals surface area contributed by atoms with E-state index in [4.69, 9.17) is 0 Å². The summed E-state index contributed by atoms with van der Waals surface area (Å²) in [4.78, 5) is 16.4. The molecule has 0 bridgehead atoms. The number of carboxylic acid groups (broad SMARTS) is 1.